The van der Waals surface area contributed by atoms with Crippen molar-refractivity contribution in [3.63, 3.8) is 0 Å². The molecular weight excluding hydrogens is 388 g/mol. The maximum atomic E-state index is 13.3. The van der Waals surface area contributed by atoms with Gasteiger partial charge in [0.1, 0.15) is 5.75 Å². The Morgan fingerprint density at radius 1 is 1.21 bits per heavy atom. The third-order valence-corrected chi connectivity index (χ3v) is 5.72. The minimum atomic E-state index is -0.754. The van der Waals surface area contributed by atoms with Crippen LogP contribution in [0.3, 0.4) is 0 Å². The van der Waals surface area contributed by atoms with E-state index in [2.05, 4.69) is 4.98 Å². The Hall–Kier alpha value is -3.45. The lowest BCUT2D eigenvalue weighted by Crippen LogP contribution is -2.29. The molecule has 1 amide bonds. The molecule has 1 atom stereocenters. The van der Waals surface area contributed by atoms with Gasteiger partial charge in [-0.1, -0.05) is 24.0 Å². The van der Waals surface area contributed by atoms with Crippen molar-refractivity contribution in [2.45, 2.75) is 12.6 Å². The Morgan fingerprint density at radius 2 is 2.07 bits per heavy atom. The van der Waals surface area contributed by atoms with Gasteiger partial charge in [-0.3, -0.25) is 9.59 Å². The molecule has 1 fully saturated rings. The summed E-state index contributed by atoms with van der Waals surface area (Å²) in [6.07, 6.45) is 3.53. The van der Waals surface area contributed by atoms with E-state index in [1.807, 2.05) is 29.6 Å². The van der Waals surface area contributed by atoms with Gasteiger partial charge in [0.25, 0.3) is 5.91 Å². The number of ketones is 1. The molecule has 0 bridgehead atoms. The number of hydrogen-bond donors (Lipinski definition) is 0. The lowest BCUT2D eigenvalue weighted by molar-refractivity contribution is -0.378. The van der Waals surface area contributed by atoms with E-state index >= 15 is 0 Å². The van der Waals surface area contributed by atoms with Crippen molar-refractivity contribution >= 4 is 28.8 Å². The van der Waals surface area contributed by atoms with Crippen molar-refractivity contribution in [2.24, 2.45) is 0 Å². The molecule has 1 unspecified atom stereocenters. The summed E-state index contributed by atoms with van der Waals surface area (Å²) in [6.45, 7) is 0.222. The molecule has 1 aromatic carbocycles. The number of amides is 1. The fraction of sp³-hybridized carbons (Fsp3) is 0.136. The molecule has 0 saturated carbocycles. The molecule has 29 heavy (non-hydrogen) atoms. The van der Waals surface area contributed by atoms with Crippen LogP contribution in [-0.2, 0) is 16.1 Å². The maximum absolute atomic E-state index is 13.3. The first-order valence-electron chi connectivity index (χ1n) is 8.99. The molecule has 0 spiro atoms. The summed E-state index contributed by atoms with van der Waals surface area (Å²) < 4.78 is 5.19. The lowest BCUT2D eigenvalue weighted by Gasteiger charge is -2.26. The van der Waals surface area contributed by atoms with Gasteiger partial charge in [-0.25, -0.2) is 4.98 Å². The van der Waals surface area contributed by atoms with Gasteiger partial charge < -0.3 is 14.7 Å². The first kappa shape index (κ1) is 18.9. The second kappa shape index (κ2) is 7.89. The molecule has 7 heteroatoms. The number of nitrogens with one attached hydrogen (secondary N) is 1. The van der Waals surface area contributed by atoms with Crippen LogP contribution in [0.1, 0.15) is 22.0 Å². The van der Waals surface area contributed by atoms with Crippen LogP contribution in [0.2, 0.25) is 0 Å². The second-order valence-corrected chi connectivity index (χ2v) is 7.55. The molecule has 1 aliphatic rings. The van der Waals surface area contributed by atoms with Crippen molar-refractivity contribution in [3.05, 3.63) is 87.9 Å². The zero-order chi connectivity index (χ0) is 20.4. The number of ether oxygens (including phenoxy) is 1. The highest BCUT2D eigenvalue weighted by molar-refractivity contribution is 7.10. The fourth-order valence-corrected chi connectivity index (χ4v) is 4.27. The summed E-state index contributed by atoms with van der Waals surface area (Å²) in [5.74, 6) is -1.37. The van der Waals surface area contributed by atoms with Gasteiger partial charge in [-0.2, -0.15) is 0 Å². The minimum absolute atomic E-state index is 0.0226. The Labute approximate surface area is 171 Å². The Balaban J connectivity index is 1.83. The molecule has 1 N–H and O–H groups in total. The topological polar surface area (TPSA) is 83.8 Å². The number of nitrogens with zero attached hydrogens (tertiary/aromatic N) is 1. The van der Waals surface area contributed by atoms with Crippen LogP contribution in [0.15, 0.2) is 71.9 Å². The largest absolute Gasteiger partial charge is 0.872 e. The number of hydrogen-bond acceptors (Lipinski definition) is 5. The van der Waals surface area contributed by atoms with Gasteiger partial charge >= 0.3 is 0 Å². The van der Waals surface area contributed by atoms with Crippen LogP contribution in [0.4, 0.5) is 0 Å². The molecule has 3 aromatic rings. The van der Waals surface area contributed by atoms with Crippen LogP contribution < -0.4 is 14.8 Å². The normalized spacial score (nSPS) is 18.2. The van der Waals surface area contributed by atoms with Crippen molar-refractivity contribution in [2.75, 3.05) is 7.11 Å². The number of aromatic amines is 1. The summed E-state index contributed by atoms with van der Waals surface area (Å²) in [6, 6.07) is 13.3. The smallest absolute Gasteiger partial charge is 0.295 e. The van der Waals surface area contributed by atoms with Crippen LogP contribution in [0, 0.1) is 0 Å². The van der Waals surface area contributed by atoms with Crippen molar-refractivity contribution in [3.8, 4) is 5.75 Å². The fourth-order valence-electron chi connectivity index (χ4n) is 3.42. The molecule has 3 heterocycles. The van der Waals surface area contributed by atoms with E-state index in [-0.39, 0.29) is 12.1 Å². The number of rotatable bonds is 5. The summed E-state index contributed by atoms with van der Waals surface area (Å²) in [7, 11) is 1.51. The number of aromatic nitrogens is 1. The number of benzene rings is 1. The van der Waals surface area contributed by atoms with Crippen molar-refractivity contribution in [1.82, 2.24) is 4.90 Å². The molecular formula is C22H18N2O4S. The molecule has 0 radical (unpaired) electrons. The van der Waals surface area contributed by atoms with E-state index < -0.39 is 23.5 Å². The molecule has 0 aliphatic carbocycles. The van der Waals surface area contributed by atoms with Gasteiger partial charge in [0.15, 0.2) is 12.4 Å². The quantitative estimate of drug-likeness (QED) is 0.369. The molecule has 4 rings (SSSR count). The second-order valence-electron chi connectivity index (χ2n) is 6.57. The highest BCUT2D eigenvalue weighted by Gasteiger charge is 2.44. The number of pyridine rings is 1. The summed E-state index contributed by atoms with van der Waals surface area (Å²) >= 11 is 1.41. The number of carbonyl (C=O) groups excluding carboxylic acids is 2. The van der Waals surface area contributed by atoms with Crippen LogP contribution in [0.5, 0.6) is 5.75 Å². The highest BCUT2D eigenvalue weighted by Crippen LogP contribution is 2.41. The first-order valence-corrected chi connectivity index (χ1v) is 9.87. The third kappa shape index (κ3) is 3.52. The predicted molar refractivity (Wildman–Crippen MR) is 106 cm³/mol. The standard InChI is InChI=1S/C22H18N2O4S/c1-28-16-7-2-6-15(11-16)20(25)18-19(17-8-4-10-29-17)24(22(27)21(18)26)13-14-5-3-9-23-12-14/h2-12,19,25H,13H2,1H3/b20-18+. The summed E-state index contributed by atoms with van der Waals surface area (Å²) in [5, 5.41) is 15.1. The molecule has 1 aliphatic heterocycles. The van der Waals surface area contributed by atoms with E-state index in [9.17, 15) is 14.7 Å². The van der Waals surface area contributed by atoms with Crippen molar-refractivity contribution < 1.29 is 24.4 Å². The lowest BCUT2D eigenvalue weighted by atomic mass is 9.99. The van der Waals surface area contributed by atoms with Crippen LogP contribution in [0.25, 0.3) is 5.76 Å². The average Bonchev–Trinajstić information content (AvgIpc) is 3.37. The number of thiophene rings is 1. The maximum Gasteiger partial charge on any atom is 0.295 e. The summed E-state index contributed by atoms with van der Waals surface area (Å²) in [4.78, 5) is 31.0. The van der Waals surface area contributed by atoms with E-state index in [0.29, 0.717) is 11.3 Å². The Bertz CT molecular complexity index is 1080. The van der Waals surface area contributed by atoms with Gasteiger partial charge in [0.05, 0.1) is 19.7 Å². The monoisotopic (exact) mass is 406 g/mol. The summed E-state index contributed by atoms with van der Waals surface area (Å²) in [5.41, 5.74) is 1.13. The minimum Gasteiger partial charge on any atom is -0.872 e. The average molecular weight is 406 g/mol. The first-order chi connectivity index (χ1) is 14.1. The zero-order valence-electron chi connectivity index (χ0n) is 15.6. The number of H-pyrrole nitrogens is 1. The van der Waals surface area contributed by atoms with Gasteiger partial charge in [-0.15, -0.1) is 11.3 Å². The van der Waals surface area contributed by atoms with Gasteiger partial charge in [0.2, 0.25) is 5.78 Å². The molecule has 1 saturated heterocycles. The van der Waals surface area contributed by atoms with Crippen LogP contribution in [-0.4, -0.2) is 23.7 Å². The molecule has 146 valence electrons. The number of carbonyl (C=O) groups is 2. The number of Topliss-reactive ketones (excluding diaryl/α,β-unsaturated/α-hetero) is 1. The molecule has 2 aromatic heterocycles. The van der Waals surface area contributed by atoms with Crippen molar-refractivity contribution in [1.29, 1.82) is 0 Å². The van der Waals surface area contributed by atoms with Gasteiger partial charge in [-0.05, 0) is 35.2 Å². The van der Waals surface area contributed by atoms with E-state index in [1.54, 1.807) is 36.7 Å². The van der Waals surface area contributed by atoms with Gasteiger partial charge in [0, 0.05) is 22.1 Å². The third-order valence-electron chi connectivity index (χ3n) is 4.80. The Kier molecular flexibility index (Phi) is 5.14. The van der Waals surface area contributed by atoms with E-state index in [4.69, 9.17) is 4.74 Å². The van der Waals surface area contributed by atoms with E-state index in [1.165, 1.54) is 23.3 Å². The highest BCUT2D eigenvalue weighted by atomic mass is 32.1. The molecule has 6 nitrogen and oxygen atoms in total. The SMILES string of the molecule is COc1cccc(/C([O-])=C2\C(=O)C(=O)N(Cc3ccc[nH+]c3)C2c2cccs2)c1. The Morgan fingerprint density at radius 3 is 2.76 bits per heavy atom. The van der Waals surface area contributed by atoms with E-state index in [0.717, 1.165) is 10.4 Å². The number of likely N-dealkylation sites (tertiary alicyclic amines) is 1. The predicted octanol–water partition coefficient (Wildman–Crippen LogP) is 1.99. The number of methoxy groups -OCH3 is 1. The van der Waals surface area contributed by atoms with Crippen LogP contribution >= 0.6 is 11.3 Å². The zero-order valence-corrected chi connectivity index (χ0v) is 16.4.